The van der Waals surface area contributed by atoms with E-state index >= 15 is 0 Å². The van der Waals surface area contributed by atoms with Crippen LogP contribution in [0.25, 0.3) is 5.52 Å². The summed E-state index contributed by atoms with van der Waals surface area (Å²) in [5, 5.41) is 18.1. The van der Waals surface area contributed by atoms with E-state index in [-0.39, 0.29) is 5.41 Å². The minimum Gasteiger partial charge on any atom is -0.381 e. The lowest BCUT2D eigenvalue weighted by Gasteiger charge is -2.23. The topological polar surface area (TPSA) is 75.2 Å². The first-order valence-corrected chi connectivity index (χ1v) is 8.88. The van der Waals surface area contributed by atoms with Gasteiger partial charge in [-0.05, 0) is 32.1 Å². The Kier molecular flexibility index (Phi) is 3.86. The van der Waals surface area contributed by atoms with Crippen molar-refractivity contribution in [1.82, 2.24) is 14.6 Å². The van der Waals surface area contributed by atoms with E-state index in [2.05, 4.69) is 28.4 Å². The Balaban J connectivity index is 1.78. The van der Waals surface area contributed by atoms with Gasteiger partial charge < -0.3 is 10.1 Å². The van der Waals surface area contributed by atoms with E-state index in [0.29, 0.717) is 28.1 Å². The largest absolute Gasteiger partial charge is 0.381 e. The smallest absolute Gasteiger partial charge is 0.241 e. The standard InChI is InChI=1S/C17H20ClN5O/c1-2-17(5-6-17)15-12(9-19)14(18)13-10-20-16(22-23(13)15)21-11-3-7-24-8-4-11/h10-11H,2-8H2,1H3,(H,21,22). The minimum absolute atomic E-state index is 0.0332. The highest BCUT2D eigenvalue weighted by Crippen LogP contribution is 2.53. The van der Waals surface area contributed by atoms with E-state index in [0.717, 1.165) is 51.0 Å². The molecule has 6 nitrogen and oxygen atoms in total. The predicted octanol–water partition coefficient (Wildman–Crippen LogP) is 3.29. The Morgan fingerprint density at radius 2 is 2.21 bits per heavy atom. The van der Waals surface area contributed by atoms with Gasteiger partial charge in [0.25, 0.3) is 0 Å². The van der Waals surface area contributed by atoms with Crippen molar-refractivity contribution in [3.63, 3.8) is 0 Å². The summed E-state index contributed by atoms with van der Waals surface area (Å²) >= 11 is 6.44. The fourth-order valence-corrected chi connectivity index (χ4v) is 3.86. The molecular weight excluding hydrogens is 326 g/mol. The van der Waals surface area contributed by atoms with Gasteiger partial charge in [0.2, 0.25) is 5.95 Å². The Bertz CT molecular complexity index is 814. The van der Waals surface area contributed by atoms with Crippen molar-refractivity contribution in [2.75, 3.05) is 18.5 Å². The number of aromatic nitrogens is 3. The highest BCUT2D eigenvalue weighted by Gasteiger charge is 2.47. The van der Waals surface area contributed by atoms with E-state index < -0.39 is 0 Å². The van der Waals surface area contributed by atoms with Crippen molar-refractivity contribution < 1.29 is 4.74 Å². The fourth-order valence-electron chi connectivity index (χ4n) is 3.60. The summed E-state index contributed by atoms with van der Waals surface area (Å²) in [5.74, 6) is 0.582. The molecule has 0 atom stereocenters. The van der Waals surface area contributed by atoms with Crippen LogP contribution in [0.4, 0.5) is 5.95 Å². The van der Waals surface area contributed by atoms with Gasteiger partial charge in [-0.1, -0.05) is 18.5 Å². The zero-order chi connectivity index (χ0) is 16.7. The average molecular weight is 346 g/mol. The number of nitrogens with zero attached hydrogens (tertiary/aromatic N) is 4. The molecule has 2 aliphatic rings. The minimum atomic E-state index is 0.0332. The van der Waals surface area contributed by atoms with Gasteiger partial charge in [0, 0.05) is 24.7 Å². The lowest BCUT2D eigenvalue weighted by molar-refractivity contribution is 0.0903. The average Bonchev–Trinajstić information content (AvgIpc) is 3.35. The summed E-state index contributed by atoms with van der Waals surface area (Å²) < 4.78 is 7.23. The quantitative estimate of drug-likeness (QED) is 0.920. The maximum Gasteiger partial charge on any atom is 0.241 e. The van der Waals surface area contributed by atoms with Crippen LogP contribution in [0, 0.1) is 11.3 Å². The molecule has 1 N–H and O–H groups in total. The van der Waals surface area contributed by atoms with Crippen molar-refractivity contribution in [2.45, 2.75) is 50.5 Å². The summed E-state index contributed by atoms with van der Waals surface area (Å²) in [6.07, 6.45) is 6.75. The SMILES string of the molecule is CCC1(c2c(C#N)c(Cl)c3cnc(NC4CCOCC4)nn23)CC1. The van der Waals surface area contributed by atoms with Gasteiger partial charge in [-0.2, -0.15) is 5.26 Å². The second kappa shape index (κ2) is 5.91. The maximum atomic E-state index is 9.59. The Hall–Kier alpha value is -1.84. The third-order valence-corrected chi connectivity index (χ3v) is 5.71. The van der Waals surface area contributed by atoms with Crippen LogP contribution in [-0.2, 0) is 10.2 Å². The van der Waals surface area contributed by atoms with E-state index in [4.69, 9.17) is 16.3 Å². The highest BCUT2D eigenvalue weighted by atomic mass is 35.5. The summed E-state index contributed by atoms with van der Waals surface area (Å²) in [4.78, 5) is 4.40. The number of hydrogen-bond donors (Lipinski definition) is 1. The first-order chi connectivity index (χ1) is 11.7. The predicted molar refractivity (Wildman–Crippen MR) is 91.4 cm³/mol. The van der Waals surface area contributed by atoms with Gasteiger partial charge in [0.1, 0.15) is 11.6 Å². The van der Waals surface area contributed by atoms with Gasteiger partial charge in [-0.3, -0.25) is 0 Å². The molecule has 0 radical (unpaired) electrons. The molecule has 1 saturated heterocycles. The molecule has 0 spiro atoms. The molecule has 3 heterocycles. The van der Waals surface area contributed by atoms with Crippen molar-refractivity contribution in [1.29, 1.82) is 5.26 Å². The number of hydrogen-bond acceptors (Lipinski definition) is 5. The van der Waals surface area contributed by atoms with Crippen LogP contribution in [0.5, 0.6) is 0 Å². The highest BCUT2D eigenvalue weighted by molar-refractivity contribution is 6.35. The third-order valence-electron chi connectivity index (χ3n) is 5.32. The fraction of sp³-hybridized carbons (Fsp3) is 0.588. The summed E-state index contributed by atoms with van der Waals surface area (Å²) in [6, 6.07) is 2.60. The van der Waals surface area contributed by atoms with Crippen LogP contribution in [-0.4, -0.2) is 33.9 Å². The van der Waals surface area contributed by atoms with Crippen molar-refractivity contribution in [3.05, 3.63) is 22.5 Å². The third kappa shape index (κ3) is 2.43. The number of nitrogens with one attached hydrogen (secondary N) is 1. The van der Waals surface area contributed by atoms with Gasteiger partial charge >= 0.3 is 0 Å². The molecule has 24 heavy (non-hydrogen) atoms. The second-order valence-electron chi connectivity index (χ2n) is 6.69. The van der Waals surface area contributed by atoms with E-state index in [1.807, 2.05) is 4.52 Å². The van der Waals surface area contributed by atoms with Crippen molar-refractivity contribution >= 4 is 23.1 Å². The number of halogens is 1. The van der Waals surface area contributed by atoms with Crippen LogP contribution < -0.4 is 5.32 Å². The van der Waals surface area contributed by atoms with Gasteiger partial charge in [-0.25, -0.2) is 9.50 Å². The normalized spacial score (nSPS) is 20.0. The molecule has 4 rings (SSSR count). The molecule has 0 unspecified atom stereocenters. The molecular formula is C17H20ClN5O. The zero-order valence-electron chi connectivity index (χ0n) is 13.7. The summed E-state index contributed by atoms with van der Waals surface area (Å²) in [7, 11) is 0. The first kappa shape index (κ1) is 15.7. The van der Waals surface area contributed by atoms with E-state index in [1.54, 1.807) is 6.20 Å². The van der Waals surface area contributed by atoms with Crippen LogP contribution in [0.1, 0.15) is 50.3 Å². The van der Waals surface area contributed by atoms with E-state index in [9.17, 15) is 5.26 Å². The second-order valence-corrected chi connectivity index (χ2v) is 7.07. The Morgan fingerprint density at radius 3 is 2.83 bits per heavy atom. The summed E-state index contributed by atoms with van der Waals surface area (Å²) in [6.45, 7) is 3.68. The number of nitriles is 1. The molecule has 2 fully saturated rings. The number of anilines is 1. The number of ether oxygens (including phenoxy) is 1. The molecule has 7 heteroatoms. The van der Waals surface area contributed by atoms with Crippen molar-refractivity contribution in [3.8, 4) is 6.07 Å². The number of fused-ring (bicyclic) bond motifs is 1. The van der Waals surface area contributed by atoms with Gasteiger partial charge in [0.15, 0.2) is 0 Å². The molecule has 1 aliphatic carbocycles. The van der Waals surface area contributed by atoms with Crippen LogP contribution in [0.3, 0.4) is 0 Å². The van der Waals surface area contributed by atoms with Crippen LogP contribution in [0.15, 0.2) is 6.20 Å². The maximum absolute atomic E-state index is 9.59. The molecule has 0 bridgehead atoms. The van der Waals surface area contributed by atoms with Crippen LogP contribution >= 0.6 is 11.6 Å². The molecule has 1 aliphatic heterocycles. The Morgan fingerprint density at radius 1 is 1.46 bits per heavy atom. The molecule has 0 aromatic carbocycles. The van der Waals surface area contributed by atoms with Gasteiger partial charge in [0.05, 0.1) is 22.5 Å². The molecule has 126 valence electrons. The van der Waals surface area contributed by atoms with E-state index in [1.165, 1.54) is 0 Å². The number of rotatable bonds is 4. The molecule has 1 saturated carbocycles. The lowest BCUT2D eigenvalue weighted by Crippen LogP contribution is -2.29. The first-order valence-electron chi connectivity index (χ1n) is 8.50. The monoisotopic (exact) mass is 345 g/mol. The molecule has 2 aromatic rings. The summed E-state index contributed by atoms with van der Waals surface area (Å²) in [5.41, 5.74) is 2.24. The molecule has 2 aromatic heterocycles. The molecule has 0 amide bonds. The van der Waals surface area contributed by atoms with Crippen molar-refractivity contribution in [2.24, 2.45) is 0 Å². The Labute approximate surface area is 145 Å². The zero-order valence-corrected chi connectivity index (χ0v) is 14.4. The van der Waals surface area contributed by atoms with Gasteiger partial charge in [-0.15, -0.1) is 5.10 Å². The van der Waals surface area contributed by atoms with Crippen LogP contribution in [0.2, 0.25) is 5.02 Å². The lowest BCUT2D eigenvalue weighted by atomic mass is 9.96.